The summed E-state index contributed by atoms with van der Waals surface area (Å²) in [4.78, 5) is 29.7. The normalized spacial score (nSPS) is 16.5. The van der Waals surface area contributed by atoms with E-state index in [1.54, 1.807) is 23.2 Å². The van der Waals surface area contributed by atoms with Crippen molar-refractivity contribution in [3.8, 4) is 0 Å². The third-order valence-electron chi connectivity index (χ3n) is 5.29. The first kappa shape index (κ1) is 20.3. The molecule has 156 valence electrons. The van der Waals surface area contributed by atoms with Gasteiger partial charge < -0.3 is 19.9 Å². The van der Waals surface area contributed by atoms with E-state index in [0.717, 1.165) is 24.4 Å². The summed E-state index contributed by atoms with van der Waals surface area (Å²) in [5, 5.41) is 4.61. The fourth-order valence-electron chi connectivity index (χ4n) is 3.55. The molecule has 2 heterocycles. The van der Waals surface area contributed by atoms with Crippen LogP contribution in [0.5, 0.6) is 0 Å². The number of amides is 2. The van der Waals surface area contributed by atoms with Gasteiger partial charge in [-0.15, -0.1) is 11.8 Å². The van der Waals surface area contributed by atoms with Gasteiger partial charge in [0.05, 0.1) is 6.61 Å². The number of hydrogen-bond donors (Lipinski definition) is 1. The Balaban J connectivity index is 1.41. The Morgan fingerprint density at radius 1 is 1.03 bits per heavy atom. The molecule has 0 spiro atoms. The van der Waals surface area contributed by atoms with Crippen molar-refractivity contribution in [1.29, 1.82) is 0 Å². The van der Waals surface area contributed by atoms with Gasteiger partial charge in [0.25, 0.3) is 11.8 Å². The van der Waals surface area contributed by atoms with Gasteiger partial charge in [-0.2, -0.15) is 0 Å². The zero-order valence-electron chi connectivity index (χ0n) is 17.0. The summed E-state index contributed by atoms with van der Waals surface area (Å²) in [5.74, 6) is 0.866. The van der Waals surface area contributed by atoms with E-state index >= 15 is 0 Å². The molecule has 4 rings (SSSR count). The van der Waals surface area contributed by atoms with Crippen LogP contribution in [0.4, 0.5) is 11.4 Å². The van der Waals surface area contributed by atoms with Gasteiger partial charge in [0.2, 0.25) is 0 Å². The maximum Gasteiger partial charge on any atom is 0.291 e. The van der Waals surface area contributed by atoms with Crippen LogP contribution in [0.1, 0.15) is 15.9 Å². The molecule has 7 heteroatoms. The molecule has 1 fully saturated rings. The number of ether oxygens (including phenoxy) is 1. The first-order valence-corrected chi connectivity index (χ1v) is 11.1. The van der Waals surface area contributed by atoms with Crippen LogP contribution in [-0.4, -0.2) is 55.3 Å². The van der Waals surface area contributed by atoms with Crippen molar-refractivity contribution >= 4 is 35.0 Å². The molecule has 1 saturated heterocycles. The van der Waals surface area contributed by atoms with Gasteiger partial charge in [-0.3, -0.25) is 9.59 Å². The van der Waals surface area contributed by atoms with Gasteiger partial charge in [-0.05, 0) is 36.8 Å². The van der Waals surface area contributed by atoms with Crippen LogP contribution in [0, 0.1) is 6.92 Å². The predicted molar refractivity (Wildman–Crippen MR) is 121 cm³/mol. The number of rotatable bonds is 4. The highest BCUT2D eigenvalue weighted by Gasteiger charge is 2.23. The van der Waals surface area contributed by atoms with E-state index in [9.17, 15) is 9.59 Å². The zero-order valence-corrected chi connectivity index (χ0v) is 17.8. The van der Waals surface area contributed by atoms with E-state index in [2.05, 4.69) is 22.3 Å². The van der Waals surface area contributed by atoms with E-state index in [1.165, 1.54) is 5.69 Å². The van der Waals surface area contributed by atoms with Gasteiger partial charge in [0, 0.05) is 54.3 Å². The lowest BCUT2D eigenvalue weighted by Crippen LogP contribution is -2.48. The molecule has 30 heavy (non-hydrogen) atoms. The summed E-state index contributed by atoms with van der Waals surface area (Å²) in [6, 6.07) is 15.7. The minimum atomic E-state index is -0.286. The number of piperazine rings is 1. The lowest BCUT2D eigenvalue weighted by atomic mass is 10.1. The number of nitrogens with one attached hydrogen (secondary N) is 1. The van der Waals surface area contributed by atoms with E-state index in [-0.39, 0.29) is 11.8 Å². The standard InChI is InChI=1S/C23H25N3O3S/c1-17-7-8-18(15-20(17)24-22(27)21-16-30-14-13-29-21)23(28)26-11-9-25(10-12-26)19-5-3-2-4-6-19/h2-8,15-16H,9-14H2,1H3,(H,24,27). The molecule has 0 bridgehead atoms. The molecule has 2 aliphatic heterocycles. The predicted octanol–water partition coefficient (Wildman–Crippen LogP) is 3.50. The minimum absolute atomic E-state index is 0.0121. The quantitative estimate of drug-likeness (QED) is 0.816. The Bertz CT molecular complexity index is 953. The molecule has 6 nitrogen and oxygen atoms in total. The number of benzene rings is 2. The lowest BCUT2D eigenvalue weighted by Gasteiger charge is -2.36. The molecular formula is C23H25N3O3S. The summed E-state index contributed by atoms with van der Waals surface area (Å²) in [6.07, 6.45) is 0. The molecule has 0 radical (unpaired) electrons. The first-order chi connectivity index (χ1) is 14.6. The first-order valence-electron chi connectivity index (χ1n) is 10.1. The second-order valence-corrected chi connectivity index (χ2v) is 8.28. The monoisotopic (exact) mass is 423 g/mol. The number of para-hydroxylation sites is 1. The van der Waals surface area contributed by atoms with Crippen LogP contribution in [0.3, 0.4) is 0 Å². The third kappa shape index (κ3) is 4.62. The van der Waals surface area contributed by atoms with Crippen LogP contribution in [0.2, 0.25) is 0 Å². The second-order valence-electron chi connectivity index (χ2n) is 7.30. The fraction of sp³-hybridized carbons (Fsp3) is 0.304. The Hall–Kier alpha value is -2.93. The van der Waals surface area contributed by atoms with Crippen molar-refractivity contribution < 1.29 is 14.3 Å². The fourth-order valence-corrected chi connectivity index (χ4v) is 4.17. The van der Waals surface area contributed by atoms with Gasteiger partial charge in [-0.1, -0.05) is 24.3 Å². The van der Waals surface area contributed by atoms with Gasteiger partial charge in [0.1, 0.15) is 0 Å². The van der Waals surface area contributed by atoms with E-state index in [1.807, 2.05) is 42.2 Å². The van der Waals surface area contributed by atoms with Crippen LogP contribution in [0.25, 0.3) is 0 Å². The van der Waals surface area contributed by atoms with Crippen LogP contribution >= 0.6 is 11.8 Å². The highest BCUT2D eigenvalue weighted by Crippen LogP contribution is 2.22. The summed E-state index contributed by atoms with van der Waals surface area (Å²) in [7, 11) is 0. The zero-order chi connectivity index (χ0) is 20.9. The van der Waals surface area contributed by atoms with Gasteiger partial charge >= 0.3 is 0 Å². The Morgan fingerprint density at radius 3 is 2.50 bits per heavy atom. The average Bonchev–Trinajstić information content (AvgIpc) is 2.81. The highest BCUT2D eigenvalue weighted by atomic mass is 32.2. The summed E-state index contributed by atoms with van der Waals surface area (Å²) >= 11 is 1.56. The van der Waals surface area contributed by atoms with Crippen molar-refractivity contribution in [1.82, 2.24) is 4.90 Å². The number of hydrogen-bond acceptors (Lipinski definition) is 5. The molecule has 2 aromatic carbocycles. The van der Waals surface area contributed by atoms with Gasteiger partial charge in [-0.25, -0.2) is 0 Å². The summed E-state index contributed by atoms with van der Waals surface area (Å²) in [6.45, 7) is 5.37. The molecule has 0 aliphatic carbocycles. The van der Waals surface area contributed by atoms with Crippen LogP contribution in [0.15, 0.2) is 59.7 Å². The second kappa shape index (κ2) is 9.26. The Kier molecular flexibility index (Phi) is 6.28. The molecular weight excluding hydrogens is 398 g/mol. The van der Waals surface area contributed by atoms with Crippen molar-refractivity contribution in [2.75, 3.05) is 48.8 Å². The maximum absolute atomic E-state index is 13.0. The van der Waals surface area contributed by atoms with E-state index in [4.69, 9.17) is 4.74 Å². The van der Waals surface area contributed by atoms with Crippen LogP contribution in [-0.2, 0) is 9.53 Å². The number of carbonyl (C=O) groups excluding carboxylic acids is 2. The number of nitrogens with zero attached hydrogens (tertiary/aromatic N) is 2. The summed E-state index contributed by atoms with van der Waals surface area (Å²) < 4.78 is 5.42. The Morgan fingerprint density at radius 2 is 1.80 bits per heavy atom. The smallest absolute Gasteiger partial charge is 0.291 e. The van der Waals surface area contributed by atoms with Crippen molar-refractivity contribution in [3.63, 3.8) is 0 Å². The largest absolute Gasteiger partial charge is 0.487 e. The number of aryl methyl sites for hydroxylation is 1. The van der Waals surface area contributed by atoms with Crippen molar-refractivity contribution in [2.45, 2.75) is 6.92 Å². The molecule has 1 N–H and O–H groups in total. The highest BCUT2D eigenvalue weighted by molar-refractivity contribution is 8.02. The van der Waals surface area contributed by atoms with Crippen molar-refractivity contribution in [2.24, 2.45) is 0 Å². The SMILES string of the molecule is Cc1ccc(C(=O)N2CCN(c3ccccc3)CC2)cc1NC(=O)C1=CSCCO1. The summed E-state index contributed by atoms with van der Waals surface area (Å²) in [5.41, 5.74) is 3.30. The maximum atomic E-state index is 13.0. The molecule has 2 aromatic rings. The average molecular weight is 424 g/mol. The molecule has 2 aliphatic rings. The minimum Gasteiger partial charge on any atom is -0.487 e. The molecule has 0 saturated carbocycles. The number of carbonyl (C=O) groups is 2. The topological polar surface area (TPSA) is 61.9 Å². The van der Waals surface area contributed by atoms with Crippen LogP contribution < -0.4 is 10.2 Å². The van der Waals surface area contributed by atoms with E-state index < -0.39 is 0 Å². The third-order valence-corrected chi connectivity index (χ3v) is 6.08. The Labute approximate surface area is 180 Å². The van der Waals surface area contributed by atoms with Gasteiger partial charge in [0.15, 0.2) is 5.76 Å². The number of thioether (sulfide) groups is 1. The number of anilines is 2. The molecule has 2 amide bonds. The molecule has 0 aromatic heterocycles. The van der Waals surface area contributed by atoms with E-state index in [0.29, 0.717) is 36.7 Å². The lowest BCUT2D eigenvalue weighted by molar-refractivity contribution is -0.116. The molecule has 0 atom stereocenters. The molecule has 0 unspecified atom stereocenters. The van der Waals surface area contributed by atoms with Crippen molar-refractivity contribution in [3.05, 3.63) is 70.8 Å².